The number of halogens is 1. The number of rotatable bonds is 4. The molecule has 0 aliphatic heterocycles. The normalized spacial score (nSPS) is 15.7. The number of hydrogen-bond donors (Lipinski definition) is 1. The van der Waals surface area contributed by atoms with Crippen LogP contribution in [0.25, 0.3) is 0 Å². The molecule has 1 aromatic rings. The molecule has 1 saturated carbocycles. The molecular weight excluding hydrogens is 322 g/mol. The molecule has 0 unspecified atom stereocenters. The monoisotopic (exact) mass is 339 g/mol. The van der Waals surface area contributed by atoms with E-state index in [-0.39, 0.29) is 24.5 Å². The van der Waals surface area contributed by atoms with Crippen molar-refractivity contribution in [3.63, 3.8) is 0 Å². The molecule has 1 aliphatic rings. The molecule has 20 heavy (non-hydrogen) atoms. The van der Waals surface area contributed by atoms with Gasteiger partial charge in [-0.2, -0.15) is 0 Å². The molecule has 1 fully saturated rings. The first kappa shape index (κ1) is 15.0. The van der Waals surface area contributed by atoms with Gasteiger partial charge in [0.2, 0.25) is 0 Å². The van der Waals surface area contributed by atoms with Crippen LogP contribution in [0.1, 0.15) is 42.5 Å². The number of hydrogen-bond acceptors (Lipinski definition) is 3. The molecule has 0 heterocycles. The number of esters is 1. The highest BCUT2D eigenvalue weighted by Gasteiger charge is 2.18. The first-order chi connectivity index (χ1) is 9.66. The molecule has 1 aromatic carbocycles. The third-order valence-corrected chi connectivity index (χ3v) is 4.05. The van der Waals surface area contributed by atoms with Crippen molar-refractivity contribution in [2.75, 3.05) is 6.54 Å². The Kier molecular flexibility index (Phi) is 5.59. The van der Waals surface area contributed by atoms with Gasteiger partial charge in [0.05, 0.1) is 5.56 Å². The maximum atomic E-state index is 11.9. The van der Waals surface area contributed by atoms with E-state index >= 15 is 0 Å². The van der Waals surface area contributed by atoms with Gasteiger partial charge in [-0.3, -0.25) is 9.59 Å². The molecule has 108 valence electrons. The van der Waals surface area contributed by atoms with Gasteiger partial charge < -0.3 is 10.1 Å². The molecule has 0 bridgehead atoms. The van der Waals surface area contributed by atoms with E-state index in [0.717, 1.165) is 25.7 Å². The topological polar surface area (TPSA) is 55.4 Å². The zero-order valence-corrected chi connectivity index (χ0v) is 12.8. The van der Waals surface area contributed by atoms with Crippen LogP contribution in [-0.4, -0.2) is 24.5 Å². The Morgan fingerprint density at radius 1 is 1.20 bits per heavy atom. The average molecular weight is 340 g/mol. The largest absolute Gasteiger partial charge is 0.461 e. The molecule has 5 heteroatoms. The predicted octanol–water partition coefficient (Wildman–Crippen LogP) is 3.05. The van der Waals surface area contributed by atoms with Crippen LogP contribution >= 0.6 is 15.9 Å². The van der Waals surface area contributed by atoms with Crippen LogP contribution in [0, 0.1) is 0 Å². The summed E-state index contributed by atoms with van der Waals surface area (Å²) in [5, 5.41) is 2.59. The molecule has 0 spiro atoms. The third-order valence-electron chi connectivity index (χ3n) is 3.36. The van der Waals surface area contributed by atoms with Gasteiger partial charge in [0.25, 0.3) is 5.91 Å². The van der Waals surface area contributed by atoms with Crippen LogP contribution in [0.4, 0.5) is 0 Å². The van der Waals surface area contributed by atoms with E-state index in [2.05, 4.69) is 21.2 Å². The fraction of sp³-hybridized carbons (Fsp3) is 0.467. The third kappa shape index (κ3) is 4.34. The highest BCUT2D eigenvalue weighted by Crippen LogP contribution is 2.20. The van der Waals surface area contributed by atoms with E-state index in [1.165, 1.54) is 6.42 Å². The lowest BCUT2D eigenvalue weighted by atomic mass is 9.98. The Morgan fingerprint density at radius 3 is 2.60 bits per heavy atom. The molecule has 1 aliphatic carbocycles. The Balaban J connectivity index is 1.78. The van der Waals surface area contributed by atoms with E-state index in [1.807, 2.05) is 6.07 Å². The second-order valence-corrected chi connectivity index (χ2v) is 5.77. The Bertz CT molecular complexity index is 484. The maximum absolute atomic E-state index is 11.9. The molecule has 0 radical (unpaired) electrons. The van der Waals surface area contributed by atoms with Crippen LogP contribution in [0.5, 0.6) is 0 Å². The lowest BCUT2D eigenvalue weighted by Crippen LogP contribution is -2.33. The Morgan fingerprint density at radius 2 is 1.90 bits per heavy atom. The number of nitrogens with one attached hydrogen (secondary N) is 1. The van der Waals surface area contributed by atoms with E-state index in [1.54, 1.807) is 18.2 Å². The summed E-state index contributed by atoms with van der Waals surface area (Å²) in [6.45, 7) is -0.0866. The molecular formula is C15H18BrNO3. The minimum atomic E-state index is -0.364. The fourth-order valence-electron chi connectivity index (χ4n) is 2.30. The van der Waals surface area contributed by atoms with Gasteiger partial charge in [-0.15, -0.1) is 0 Å². The minimum absolute atomic E-state index is 0.0246. The van der Waals surface area contributed by atoms with Crippen molar-refractivity contribution in [1.29, 1.82) is 0 Å². The quantitative estimate of drug-likeness (QED) is 0.857. The first-order valence-corrected chi connectivity index (χ1v) is 7.68. The van der Waals surface area contributed by atoms with E-state index in [9.17, 15) is 9.59 Å². The molecule has 2 rings (SSSR count). The minimum Gasteiger partial charge on any atom is -0.461 e. The van der Waals surface area contributed by atoms with Crippen molar-refractivity contribution in [2.45, 2.75) is 38.2 Å². The lowest BCUT2D eigenvalue weighted by molar-refractivity contribution is -0.149. The summed E-state index contributed by atoms with van der Waals surface area (Å²) in [5.41, 5.74) is 0.512. The van der Waals surface area contributed by atoms with Crippen LogP contribution in [-0.2, 0) is 9.53 Å². The molecule has 0 aromatic heterocycles. The second kappa shape index (κ2) is 7.43. The summed E-state index contributed by atoms with van der Waals surface area (Å²) in [5.74, 6) is -0.643. The van der Waals surface area contributed by atoms with Gasteiger partial charge in [0.1, 0.15) is 12.6 Å². The zero-order chi connectivity index (χ0) is 14.4. The summed E-state index contributed by atoms with van der Waals surface area (Å²) >= 11 is 3.31. The van der Waals surface area contributed by atoms with Crippen molar-refractivity contribution in [3.05, 3.63) is 34.3 Å². The molecule has 0 saturated heterocycles. The number of benzene rings is 1. The van der Waals surface area contributed by atoms with Crippen LogP contribution in [0.2, 0.25) is 0 Å². The SMILES string of the molecule is O=C(CNC(=O)c1ccccc1Br)OC1CCCCC1. The summed E-state index contributed by atoms with van der Waals surface area (Å²) in [7, 11) is 0. The van der Waals surface area contributed by atoms with E-state index < -0.39 is 0 Å². The van der Waals surface area contributed by atoms with E-state index in [0.29, 0.717) is 10.0 Å². The molecule has 1 amide bonds. The lowest BCUT2D eigenvalue weighted by Gasteiger charge is -2.21. The van der Waals surface area contributed by atoms with Crippen molar-refractivity contribution in [3.8, 4) is 0 Å². The van der Waals surface area contributed by atoms with Crippen molar-refractivity contribution in [1.82, 2.24) is 5.32 Å². The highest BCUT2D eigenvalue weighted by molar-refractivity contribution is 9.10. The van der Waals surface area contributed by atoms with Gasteiger partial charge in [-0.1, -0.05) is 18.6 Å². The van der Waals surface area contributed by atoms with E-state index in [4.69, 9.17) is 4.74 Å². The summed E-state index contributed by atoms with van der Waals surface area (Å²) in [4.78, 5) is 23.6. The number of carbonyl (C=O) groups is 2. The summed E-state index contributed by atoms with van der Waals surface area (Å²) in [6.07, 6.45) is 5.33. The zero-order valence-electron chi connectivity index (χ0n) is 11.2. The van der Waals surface area contributed by atoms with Gasteiger partial charge in [-0.05, 0) is 53.7 Å². The predicted molar refractivity (Wildman–Crippen MR) is 79.4 cm³/mol. The maximum Gasteiger partial charge on any atom is 0.325 e. The van der Waals surface area contributed by atoms with Crippen molar-refractivity contribution < 1.29 is 14.3 Å². The van der Waals surface area contributed by atoms with Gasteiger partial charge in [0.15, 0.2) is 0 Å². The highest BCUT2D eigenvalue weighted by atomic mass is 79.9. The average Bonchev–Trinajstić information content (AvgIpc) is 2.46. The summed E-state index contributed by atoms with van der Waals surface area (Å²) < 4.78 is 6.05. The van der Waals surface area contributed by atoms with Gasteiger partial charge >= 0.3 is 5.97 Å². The molecule has 4 nitrogen and oxygen atoms in total. The Hall–Kier alpha value is -1.36. The number of ether oxygens (including phenoxy) is 1. The fourth-order valence-corrected chi connectivity index (χ4v) is 2.77. The number of carbonyl (C=O) groups excluding carboxylic acids is 2. The summed E-state index contributed by atoms with van der Waals surface area (Å²) in [6, 6.07) is 7.10. The van der Waals surface area contributed by atoms with Crippen molar-refractivity contribution in [2.24, 2.45) is 0 Å². The van der Waals surface area contributed by atoms with Crippen LogP contribution < -0.4 is 5.32 Å². The van der Waals surface area contributed by atoms with Gasteiger partial charge in [0, 0.05) is 4.47 Å². The smallest absolute Gasteiger partial charge is 0.325 e. The van der Waals surface area contributed by atoms with Crippen molar-refractivity contribution >= 4 is 27.8 Å². The van der Waals surface area contributed by atoms with Gasteiger partial charge in [-0.25, -0.2) is 0 Å². The van der Waals surface area contributed by atoms with Crippen LogP contribution in [0.3, 0.4) is 0 Å². The molecule has 0 atom stereocenters. The standard InChI is InChI=1S/C15H18BrNO3/c16-13-9-5-4-8-12(13)15(19)17-10-14(18)20-11-6-2-1-3-7-11/h4-5,8-9,11H,1-3,6-7,10H2,(H,17,19). The number of amides is 1. The Labute approximate surface area is 127 Å². The first-order valence-electron chi connectivity index (χ1n) is 6.89. The second-order valence-electron chi connectivity index (χ2n) is 4.91. The van der Waals surface area contributed by atoms with Crippen LogP contribution in [0.15, 0.2) is 28.7 Å². The molecule has 1 N–H and O–H groups in total.